The van der Waals surface area contributed by atoms with Crippen molar-refractivity contribution in [2.75, 3.05) is 0 Å². The van der Waals surface area contributed by atoms with Crippen molar-refractivity contribution in [1.82, 2.24) is 4.98 Å². The lowest BCUT2D eigenvalue weighted by molar-refractivity contribution is -0.128. The predicted octanol–water partition coefficient (Wildman–Crippen LogP) is 2.22. The minimum atomic E-state index is -2.91. The van der Waals surface area contributed by atoms with Gasteiger partial charge >= 0.3 is 0 Å². The molecule has 0 bridgehead atoms. The molecule has 0 atom stereocenters. The van der Waals surface area contributed by atoms with Gasteiger partial charge in [-0.2, -0.15) is 0 Å². The van der Waals surface area contributed by atoms with Crippen LogP contribution in [-0.4, -0.2) is 17.2 Å². The molecule has 0 radical (unpaired) electrons. The SMILES string of the molecule is O=C(Cc1ccc(Br)cn1)C(F)F. The molecule has 0 spiro atoms. The first-order chi connectivity index (χ1) is 6.09. The minimum absolute atomic E-state index is 0.315. The van der Waals surface area contributed by atoms with Gasteiger partial charge in [0, 0.05) is 16.4 Å². The van der Waals surface area contributed by atoms with Crippen molar-refractivity contribution in [3.05, 3.63) is 28.5 Å². The summed E-state index contributed by atoms with van der Waals surface area (Å²) in [5, 5.41) is 0. The maximum atomic E-state index is 11.8. The molecule has 1 rings (SSSR count). The summed E-state index contributed by atoms with van der Waals surface area (Å²) >= 11 is 3.15. The van der Waals surface area contributed by atoms with Crippen LogP contribution in [0.5, 0.6) is 0 Å². The van der Waals surface area contributed by atoms with Gasteiger partial charge < -0.3 is 0 Å². The number of carbonyl (C=O) groups excluding carboxylic acids is 1. The van der Waals surface area contributed by atoms with Crippen LogP contribution in [0.1, 0.15) is 5.69 Å². The number of alkyl halides is 2. The third-order valence-corrected chi connectivity index (χ3v) is 1.86. The lowest BCUT2D eigenvalue weighted by atomic mass is 10.2. The third kappa shape index (κ3) is 3.18. The number of Topliss-reactive ketones (excluding diaryl/α,β-unsaturated/α-hetero) is 1. The Morgan fingerprint density at radius 2 is 2.23 bits per heavy atom. The van der Waals surface area contributed by atoms with E-state index in [1.807, 2.05) is 0 Å². The maximum Gasteiger partial charge on any atom is 0.296 e. The van der Waals surface area contributed by atoms with Gasteiger partial charge in [0.1, 0.15) is 0 Å². The average Bonchev–Trinajstić information content (AvgIpc) is 2.08. The standard InChI is InChI=1S/C8H6BrF2NO/c9-5-1-2-6(12-4-5)3-7(13)8(10)11/h1-2,4,8H,3H2. The van der Waals surface area contributed by atoms with Gasteiger partial charge in [-0.1, -0.05) is 0 Å². The predicted molar refractivity (Wildman–Crippen MR) is 46.7 cm³/mol. The van der Waals surface area contributed by atoms with Crippen LogP contribution in [0.2, 0.25) is 0 Å². The Morgan fingerprint density at radius 3 is 2.69 bits per heavy atom. The number of hydrogen-bond donors (Lipinski definition) is 0. The highest BCUT2D eigenvalue weighted by Crippen LogP contribution is 2.09. The van der Waals surface area contributed by atoms with E-state index in [1.54, 1.807) is 6.07 Å². The molecular formula is C8H6BrF2NO. The fourth-order valence-corrected chi connectivity index (χ4v) is 1.00. The van der Waals surface area contributed by atoms with E-state index in [1.165, 1.54) is 12.3 Å². The van der Waals surface area contributed by atoms with E-state index in [4.69, 9.17) is 0 Å². The summed E-state index contributed by atoms with van der Waals surface area (Å²) in [6.07, 6.45) is -1.76. The maximum absolute atomic E-state index is 11.8. The second-order valence-corrected chi connectivity index (χ2v) is 3.33. The Morgan fingerprint density at radius 1 is 1.54 bits per heavy atom. The first-order valence-electron chi connectivity index (χ1n) is 3.51. The van der Waals surface area contributed by atoms with Crippen molar-refractivity contribution in [2.24, 2.45) is 0 Å². The monoisotopic (exact) mass is 249 g/mol. The zero-order chi connectivity index (χ0) is 9.84. The fourth-order valence-electron chi connectivity index (χ4n) is 0.767. The average molecular weight is 250 g/mol. The Hall–Kier alpha value is -0.840. The van der Waals surface area contributed by atoms with E-state index >= 15 is 0 Å². The number of nitrogens with zero attached hydrogens (tertiary/aromatic N) is 1. The lowest BCUT2D eigenvalue weighted by Crippen LogP contribution is -2.13. The molecule has 0 aliphatic heterocycles. The quantitative estimate of drug-likeness (QED) is 0.823. The zero-order valence-electron chi connectivity index (χ0n) is 6.51. The molecule has 5 heteroatoms. The third-order valence-electron chi connectivity index (χ3n) is 1.39. The van der Waals surface area contributed by atoms with Crippen LogP contribution in [0.25, 0.3) is 0 Å². The molecule has 0 fully saturated rings. The summed E-state index contributed by atoms with van der Waals surface area (Å²) in [6.45, 7) is 0. The van der Waals surface area contributed by atoms with Crippen LogP contribution >= 0.6 is 15.9 Å². The molecule has 0 saturated heterocycles. The Kier molecular flexibility index (Phi) is 3.48. The van der Waals surface area contributed by atoms with Crippen LogP contribution in [0.4, 0.5) is 8.78 Å². The van der Waals surface area contributed by atoms with Crippen LogP contribution in [0.3, 0.4) is 0 Å². The number of rotatable bonds is 3. The summed E-state index contributed by atoms with van der Waals surface area (Å²) in [5.41, 5.74) is 0.355. The molecule has 1 aromatic heterocycles. The van der Waals surface area contributed by atoms with Gasteiger partial charge in [0.15, 0.2) is 0 Å². The van der Waals surface area contributed by atoms with Crippen LogP contribution in [0, 0.1) is 0 Å². The van der Waals surface area contributed by atoms with Gasteiger partial charge in [-0.25, -0.2) is 8.78 Å². The van der Waals surface area contributed by atoms with Gasteiger partial charge in [-0.15, -0.1) is 0 Å². The highest BCUT2D eigenvalue weighted by Gasteiger charge is 2.15. The second-order valence-electron chi connectivity index (χ2n) is 2.41. The summed E-state index contributed by atoms with van der Waals surface area (Å²) < 4.78 is 24.4. The van der Waals surface area contributed by atoms with Crippen molar-refractivity contribution in [3.63, 3.8) is 0 Å². The van der Waals surface area contributed by atoms with E-state index < -0.39 is 12.2 Å². The molecule has 0 unspecified atom stereocenters. The van der Waals surface area contributed by atoms with Gasteiger partial charge in [-0.3, -0.25) is 9.78 Å². The minimum Gasteiger partial charge on any atom is -0.293 e. The van der Waals surface area contributed by atoms with E-state index in [9.17, 15) is 13.6 Å². The zero-order valence-corrected chi connectivity index (χ0v) is 8.09. The molecule has 0 aromatic carbocycles. The molecule has 1 heterocycles. The summed E-state index contributed by atoms with van der Waals surface area (Å²) in [4.78, 5) is 14.4. The first kappa shape index (κ1) is 10.2. The number of hydrogen-bond acceptors (Lipinski definition) is 2. The smallest absolute Gasteiger partial charge is 0.293 e. The molecular weight excluding hydrogens is 244 g/mol. The number of aromatic nitrogens is 1. The molecule has 0 saturated carbocycles. The van der Waals surface area contributed by atoms with Crippen LogP contribution in [0.15, 0.2) is 22.8 Å². The number of carbonyl (C=O) groups is 1. The van der Waals surface area contributed by atoms with E-state index in [0.717, 1.165) is 4.47 Å². The van der Waals surface area contributed by atoms with Crippen molar-refractivity contribution in [2.45, 2.75) is 12.8 Å². The summed E-state index contributed by atoms with van der Waals surface area (Å²) in [5.74, 6) is -1.10. The highest BCUT2D eigenvalue weighted by atomic mass is 79.9. The molecule has 70 valence electrons. The summed E-state index contributed by atoms with van der Waals surface area (Å²) in [6, 6.07) is 3.19. The van der Waals surface area contributed by atoms with E-state index in [-0.39, 0.29) is 6.42 Å². The van der Waals surface area contributed by atoms with Crippen molar-refractivity contribution >= 4 is 21.7 Å². The molecule has 1 aromatic rings. The lowest BCUT2D eigenvalue weighted by Gasteiger charge is -1.98. The number of ketones is 1. The Bertz CT molecular complexity index is 300. The van der Waals surface area contributed by atoms with Gasteiger partial charge in [0.2, 0.25) is 5.78 Å². The molecule has 2 nitrogen and oxygen atoms in total. The highest BCUT2D eigenvalue weighted by molar-refractivity contribution is 9.10. The van der Waals surface area contributed by atoms with Gasteiger partial charge in [-0.05, 0) is 28.1 Å². The molecule has 0 amide bonds. The van der Waals surface area contributed by atoms with Gasteiger partial charge in [0.05, 0.1) is 6.42 Å². The van der Waals surface area contributed by atoms with Crippen LogP contribution < -0.4 is 0 Å². The Balaban J connectivity index is 2.65. The Labute approximate surface area is 82.1 Å². The van der Waals surface area contributed by atoms with E-state index in [0.29, 0.717) is 5.69 Å². The van der Waals surface area contributed by atoms with Gasteiger partial charge in [0.25, 0.3) is 6.43 Å². The molecule has 0 aliphatic carbocycles. The number of pyridine rings is 1. The topological polar surface area (TPSA) is 30.0 Å². The molecule has 0 aliphatic rings. The fraction of sp³-hybridized carbons (Fsp3) is 0.250. The van der Waals surface area contributed by atoms with Crippen molar-refractivity contribution < 1.29 is 13.6 Å². The molecule has 0 N–H and O–H groups in total. The molecule has 13 heavy (non-hydrogen) atoms. The normalized spacial score (nSPS) is 10.5. The van der Waals surface area contributed by atoms with Crippen LogP contribution in [-0.2, 0) is 11.2 Å². The summed E-state index contributed by atoms with van der Waals surface area (Å²) in [7, 11) is 0. The first-order valence-corrected chi connectivity index (χ1v) is 4.30. The van der Waals surface area contributed by atoms with Crippen molar-refractivity contribution in [1.29, 1.82) is 0 Å². The number of halogens is 3. The van der Waals surface area contributed by atoms with E-state index in [2.05, 4.69) is 20.9 Å². The largest absolute Gasteiger partial charge is 0.296 e. The second kappa shape index (κ2) is 4.41. The van der Waals surface area contributed by atoms with Crippen molar-refractivity contribution in [3.8, 4) is 0 Å².